The summed E-state index contributed by atoms with van der Waals surface area (Å²) in [4.78, 5) is 10.5. The van der Waals surface area contributed by atoms with E-state index in [0.29, 0.717) is 12.4 Å². The Morgan fingerprint density at radius 2 is 2.00 bits per heavy atom. The molecule has 20 heavy (non-hydrogen) atoms. The molecule has 0 saturated carbocycles. The third-order valence-corrected chi connectivity index (χ3v) is 5.39. The summed E-state index contributed by atoms with van der Waals surface area (Å²) in [5.74, 6) is 1.33. The van der Waals surface area contributed by atoms with E-state index >= 15 is 0 Å². The van der Waals surface area contributed by atoms with E-state index in [4.69, 9.17) is 4.74 Å². The largest absolute Gasteiger partial charge is 0.481 e. The SMILES string of the molecule is COc1cc(N2CC[C@H]3[C@H]2CCN3S(C)(=O)=O)ncn1. The molecular weight excluding hydrogens is 280 g/mol. The Labute approximate surface area is 118 Å². The summed E-state index contributed by atoms with van der Waals surface area (Å²) >= 11 is 0. The molecule has 2 saturated heterocycles. The van der Waals surface area contributed by atoms with E-state index in [0.717, 1.165) is 25.2 Å². The van der Waals surface area contributed by atoms with Gasteiger partial charge in [0, 0.05) is 31.2 Å². The lowest BCUT2D eigenvalue weighted by Gasteiger charge is -2.25. The second-order valence-corrected chi connectivity index (χ2v) is 7.13. The van der Waals surface area contributed by atoms with Crippen LogP contribution in [0.25, 0.3) is 0 Å². The highest BCUT2D eigenvalue weighted by Gasteiger charge is 2.46. The highest BCUT2D eigenvalue weighted by atomic mass is 32.2. The Balaban J connectivity index is 1.85. The summed E-state index contributed by atoms with van der Waals surface area (Å²) in [6.07, 6.45) is 4.44. The third-order valence-electron chi connectivity index (χ3n) is 4.08. The normalized spacial score (nSPS) is 26.8. The third kappa shape index (κ3) is 2.22. The standard InChI is InChI=1S/C12H18N4O3S/c1-19-12-7-11(13-8-14-12)15-5-3-10-9(15)4-6-16(10)20(2,17)18/h7-10H,3-6H2,1-2H3/t9-,10+/m1/s1. The first kappa shape index (κ1) is 13.6. The molecule has 0 bridgehead atoms. The Hall–Kier alpha value is -1.41. The molecule has 0 aliphatic carbocycles. The molecule has 0 aromatic carbocycles. The Bertz CT molecular complexity index is 606. The first-order valence-corrected chi connectivity index (χ1v) is 8.45. The van der Waals surface area contributed by atoms with Crippen molar-refractivity contribution in [3.8, 4) is 5.88 Å². The summed E-state index contributed by atoms with van der Waals surface area (Å²) in [5, 5.41) is 0. The van der Waals surface area contributed by atoms with E-state index < -0.39 is 10.0 Å². The summed E-state index contributed by atoms with van der Waals surface area (Å²) < 4.78 is 30.3. The first-order chi connectivity index (χ1) is 9.50. The van der Waals surface area contributed by atoms with Crippen LogP contribution in [0.5, 0.6) is 5.88 Å². The zero-order valence-corrected chi connectivity index (χ0v) is 12.4. The predicted octanol–water partition coefficient (Wildman–Crippen LogP) is 0.0978. The van der Waals surface area contributed by atoms with Gasteiger partial charge in [-0.15, -0.1) is 0 Å². The van der Waals surface area contributed by atoms with Crippen LogP contribution in [-0.2, 0) is 10.0 Å². The van der Waals surface area contributed by atoms with Gasteiger partial charge in [-0.05, 0) is 12.8 Å². The smallest absolute Gasteiger partial charge is 0.218 e. The van der Waals surface area contributed by atoms with E-state index in [1.807, 2.05) is 0 Å². The second kappa shape index (κ2) is 4.85. The summed E-state index contributed by atoms with van der Waals surface area (Å²) in [5.41, 5.74) is 0. The predicted molar refractivity (Wildman–Crippen MR) is 74.3 cm³/mol. The summed E-state index contributed by atoms with van der Waals surface area (Å²) in [7, 11) is -1.56. The van der Waals surface area contributed by atoms with Crippen molar-refractivity contribution >= 4 is 15.8 Å². The Kier molecular flexibility index (Phi) is 3.29. The van der Waals surface area contributed by atoms with Gasteiger partial charge in [-0.25, -0.2) is 18.4 Å². The van der Waals surface area contributed by atoms with Crippen molar-refractivity contribution in [1.29, 1.82) is 0 Å². The fourth-order valence-electron chi connectivity index (χ4n) is 3.24. The van der Waals surface area contributed by atoms with Crippen LogP contribution in [0.3, 0.4) is 0 Å². The van der Waals surface area contributed by atoms with E-state index in [1.54, 1.807) is 17.5 Å². The van der Waals surface area contributed by atoms with Crippen LogP contribution in [0.15, 0.2) is 12.4 Å². The minimum Gasteiger partial charge on any atom is -0.481 e. The van der Waals surface area contributed by atoms with Gasteiger partial charge >= 0.3 is 0 Å². The number of hydrogen-bond donors (Lipinski definition) is 0. The van der Waals surface area contributed by atoms with E-state index in [1.165, 1.54) is 12.6 Å². The summed E-state index contributed by atoms with van der Waals surface area (Å²) in [6, 6.07) is 2.06. The molecular formula is C12H18N4O3S. The van der Waals surface area contributed by atoms with Gasteiger partial charge in [-0.2, -0.15) is 4.31 Å². The molecule has 3 rings (SSSR count). The molecule has 2 aliphatic rings. The molecule has 1 aromatic heterocycles. The van der Waals surface area contributed by atoms with E-state index in [2.05, 4.69) is 14.9 Å². The monoisotopic (exact) mass is 298 g/mol. The fraction of sp³-hybridized carbons (Fsp3) is 0.667. The highest BCUT2D eigenvalue weighted by Crippen LogP contribution is 2.35. The van der Waals surface area contributed by atoms with E-state index in [-0.39, 0.29) is 12.1 Å². The van der Waals surface area contributed by atoms with E-state index in [9.17, 15) is 8.42 Å². The molecule has 1 aromatic rings. The molecule has 7 nitrogen and oxygen atoms in total. The van der Waals surface area contributed by atoms with Crippen molar-refractivity contribution in [2.45, 2.75) is 24.9 Å². The average molecular weight is 298 g/mol. The number of fused-ring (bicyclic) bond motifs is 1. The van der Waals surface area contributed by atoms with Crippen LogP contribution in [0, 0.1) is 0 Å². The van der Waals surface area contributed by atoms with Gasteiger partial charge in [0.2, 0.25) is 15.9 Å². The lowest BCUT2D eigenvalue weighted by molar-refractivity contribution is 0.390. The topological polar surface area (TPSA) is 75.6 Å². The maximum Gasteiger partial charge on any atom is 0.218 e. The zero-order chi connectivity index (χ0) is 14.3. The number of sulfonamides is 1. The lowest BCUT2D eigenvalue weighted by Crippen LogP contribution is -2.39. The maximum absolute atomic E-state index is 11.8. The van der Waals surface area contributed by atoms with Gasteiger partial charge in [0.05, 0.1) is 13.4 Å². The molecule has 2 aliphatic heterocycles. The minimum atomic E-state index is -3.13. The van der Waals surface area contributed by atoms with Crippen LogP contribution in [0.1, 0.15) is 12.8 Å². The van der Waals surface area contributed by atoms with Gasteiger partial charge < -0.3 is 9.64 Å². The van der Waals surface area contributed by atoms with Gasteiger partial charge in [-0.1, -0.05) is 0 Å². The average Bonchev–Trinajstić information content (AvgIpc) is 2.98. The molecule has 2 atom stereocenters. The first-order valence-electron chi connectivity index (χ1n) is 6.60. The number of aromatic nitrogens is 2. The van der Waals surface area contributed by atoms with Gasteiger partial charge in [-0.3, -0.25) is 0 Å². The number of hydrogen-bond acceptors (Lipinski definition) is 6. The zero-order valence-electron chi connectivity index (χ0n) is 11.6. The minimum absolute atomic E-state index is 0.0611. The number of rotatable bonds is 3. The summed E-state index contributed by atoms with van der Waals surface area (Å²) in [6.45, 7) is 1.40. The Morgan fingerprint density at radius 3 is 2.70 bits per heavy atom. The van der Waals surface area contributed by atoms with Gasteiger partial charge in [0.1, 0.15) is 12.1 Å². The van der Waals surface area contributed by atoms with Gasteiger partial charge in [0.15, 0.2) is 0 Å². The molecule has 0 N–H and O–H groups in total. The van der Waals surface area contributed by atoms with Crippen molar-refractivity contribution < 1.29 is 13.2 Å². The van der Waals surface area contributed by atoms with Crippen molar-refractivity contribution in [2.75, 3.05) is 31.4 Å². The molecule has 2 fully saturated rings. The van der Waals surface area contributed by atoms with Crippen LogP contribution in [-0.4, -0.2) is 61.2 Å². The number of nitrogens with zero attached hydrogens (tertiary/aromatic N) is 4. The number of anilines is 1. The maximum atomic E-state index is 11.8. The highest BCUT2D eigenvalue weighted by molar-refractivity contribution is 7.88. The van der Waals surface area contributed by atoms with Crippen LogP contribution in [0.4, 0.5) is 5.82 Å². The molecule has 0 radical (unpaired) electrons. The molecule has 8 heteroatoms. The van der Waals surface area contributed by atoms with Crippen LogP contribution < -0.4 is 9.64 Å². The molecule has 0 spiro atoms. The second-order valence-electron chi connectivity index (χ2n) is 5.20. The Morgan fingerprint density at radius 1 is 1.25 bits per heavy atom. The molecule has 0 unspecified atom stereocenters. The van der Waals surface area contributed by atoms with Crippen molar-refractivity contribution in [2.24, 2.45) is 0 Å². The van der Waals surface area contributed by atoms with Crippen LogP contribution >= 0.6 is 0 Å². The quantitative estimate of drug-likeness (QED) is 0.788. The van der Waals surface area contributed by atoms with Crippen molar-refractivity contribution in [3.05, 3.63) is 12.4 Å². The van der Waals surface area contributed by atoms with Crippen molar-refractivity contribution in [1.82, 2.24) is 14.3 Å². The lowest BCUT2D eigenvalue weighted by atomic mass is 10.1. The molecule has 110 valence electrons. The number of methoxy groups -OCH3 is 1. The molecule has 0 amide bonds. The fourth-order valence-corrected chi connectivity index (χ4v) is 4.42. The molecule has 3 heterocycles. The van der Waals surface area contributed by atoms with Crippen LogP contribution in [0.2, 0.25) is 0 Å². The van der Waals surface area contributed by atoms with Crippen molar-refractivity contribution in [3.63, 3.8) is 0 Å². The van der Waals surface area contributed by atoms with Gasteiger partial charge in [0.25, 0.3) is 0 Å². The number of ether oxygens (including phenoxy) is 1.